The smallest absolute Gasteiger partial charge is 0.194 e. The van der Waals surface area contributed by atoms with E-state index in [1.165, 1.54) is 4.88 Å². The Bertz CT molecular complexity index is 807. The fraction of sp³-hybridized carbons (Fsp3) is 0.312. The maximum Gasteiger partial charge on any atom is 0.194 e. The molecular weight excluding hydrogens is 298 g/mol. The quantitative estimate of drug-likeness (QED) is 0.759. The molecule has 3 aromatic rings. The van der Waals surface area contributed by atoms with Crippen LogP contribution in [0.1, 0.15) is 21.8 Å². The van der Waals surface area contributed by atoms with Crippen LogP contribution in [-0.4, -0.2) is 21.6 Å². The molecule has 0 atom stereocenters. The van der Waals surface area contributed by atoms with Crippen LogP contribution in [0, 0.1) is 13.8 Å². The normalized spacial score (nSPS) is 11.1. The molecular formula is C16H19N3O2S. The van der Waals surface area contributed by atoms with Gasteiger partial charge in [0.2, 0.25) is 0 Å². The van der Waals surface area contributed by atoms with E-state index in [2.05, 4.69) is 27.8 Å². The first-order valence-electron chi connectivity index (χ1n) is 7.08. The third kappa shape index (κ3) is 2.67. The van der Waals surface area contributed by atoms with Crippen molar-refractivity contribution in [2.24, 2.45) is 0 Å². The number of aliphatic hydroxyl groups excluding tert-OH is 1. The third-order valence-corrected chi connectivity index (χ3v) is 4.55. The average Bonchev–Trinajstić information content (AvgIpc) is 3.00. The van der Waals surface area contributed by atoms with E-state index in [9.17, 15) is 5.11 Å². The van der Waals surface area contributed by atoms with E-state index in [1.54, 1.807) is 18.4 Å². The van der Waals surface area contributed by atoms with Crippen LogP contribution >= 0.6 is 11.3 Å². The number of anilines is 1. The fourth-order valence-corrected chi connectivity index (χ4v) is 3.41. The number of hydrogen-bond donors (Lipinski definition) is 2. The number of hydrogen-bond acceptors (Lipinski definition) is 5. The zero-order valence-electron chi connectivity index (χ0n) is 12.9. The first kappa shape index (κ1) is 14.9. The number of benzene rings is 1. The molecule has 0 radical (unpaired) electrons. The number of rotatable bonds is 5. The minimum Gasteiger partial charge on any atom is -0.496 e. The summed E-state index contributed by atoms with van der Waals surface area (Å²) < 4.78 is 7.36. The van der Waals surface area contributed by atoms with Gasteiger partial charge in [-0.1, -0.05) is 0 Å². The van der Waals surface area contributed by atoms with Crippen molar-refractivity contribution in [2.45, 2.75) is 27.0 Å². The molecule has 0 aliphatic rings. The van der Waals surface area contributed by atoms with Crippen LogP contribution in [-0.2, 0) is 13.2 Å². The minimum absolute atomic E-state index is 0.0433. The second-order valence-electron chi connectivity index (χ2n) is 5.18. The molecule has 3 rings (SSSR count). The van der Waals surface area contributed by atoms with Gasteiger partial charge in [0.25, 0.3) is 0 Å². The fourth-order valence-electron chi connectivity index (χ4n) is 2.52. The SMILES string of the molecule is COc1ccc(NCc2c(C)nc3sc(C)cn23)cc1CO. The Hall–Kier alpha value is -2.05. The van der Waals surface area contributed by atoms with Crippen LogP contribution in [0.5, 0.6) is 5.75 Å². The second kappa shape index (κ2) is 5.98. The van der Waals surface area contributed by atoms with Crippen LogP contribution < -0.4 is 10.1 Å². The molecule has 2 heterocycles. The van der Waals surface area contributed by atoms with E-state index in [0.717, 1.165) is 27.6 Å². The molecule has 0 unspecified atom stereocenters. The number of imidazole rings is 1. The lowest BCUT2D eigenvalue weighted by molar-refractivity contribution is 0.274. The summed E-state index contributed by atoms with van der Waals surface area (Å²) in [6.07, 6.45) is 2.12. The highest BCUT2D eigenvalue weighted by molar-refractivity contribution is 7.17. The molecule has 0 amide bonds. The average molecular weight is 317 g/mol. The van der Waals surface area contributed by atoms with Crippen molar-refractivity contribution in [3.8, 4) is 5.75 Å². The number of aryl methyl sites for hydroxylation is 2. The molecule has 0 saturated heterocycles. The van der Waals surface area contributed by atoms with E-state index in [1.807, 2.05) is 25.1 Å². The van der Waals surface area contributed by atoms with Crippen LogP contribution in [0.2, 0.25) is 0 Å². The third-order valence-electron chi connectivity index (χ3n) is 3.65. The van der Waals surface area contributed by atoms with Gasteiger partial charge in [-0.25, -0.2) is 4.98 Å². The highest BCUT2D eigenvalue weighted by atomic mass is 32.1. The molecule has 2 N–H and O–H groups in total. The van der Waals surface area contributed by atoms with Gasteiger partial charge in [-0.05, 0) is 32.0 Å². The second-order valence-corrected chi connectivity index (χ2v) is 6.39. The molecule has 1 aromatic carbocycles. The molecule has 2 aromatic heterocycles. The Kier molecular flexibility index (Phi) is 4.04. The predicted octanol–water partition coefficient (Wildman–Crippen LogP) is 3.13. The maximum atomic E-state index is 9.39. The molecule has 0 aliphatic heterocycles. The van der Waals surface area contributed by atoms with E-state index >= 15 is 0 Å². The standard InChI is InChI=1S/C16H19N3O2S/c1-10-8-19-14(11(2)18-16(19)22-10)7-17-13-4-5-15(21-3)12(6-13)9-20/h4-6,8,17,20H,7,9H2,1-3H3. The summed E-state index contributed by atoms with van der Waals surface area (Å²) >= 11 is 1.69. The molecule has 116 valence electrons. The summed E-state index contributed by atoms with van der Waals surface area (Å²) in [4.78, 5) is 6.86. The molecule has 22 heavy (non-hydrogen) atoms. The van der Waals surface area contributed by atoms with Gasteiger partial charge in [0.15, 0.2) is 4.96 Å². The van der Waals surface area contributed by atoms with E-state index < -0.39 is 0 Å². The van der Waals surface area contributed by atoms with Crippen molar-refractivity contribution < 1.29 is 9.84 Å². The van der Waals surface area contributed by atoms with Crippen molar-refractivity contribution in [3.05, 3.63) is 46.2 Å². The van der Waals surface area contributed by atoms with Gasteiger partial charge >= 0.3 is 0 Å². The zero-order valence-corrected chi connectivity index (χ0v) is 13.7. The number of ether oxygens (including phenoxy) is 1. The minimum atomic E-state index is -0.0433. The van der Waals surface area contributed by atoms with Crippen molar-refractivity contribution in [1.29, 1.82) is 0 Å². The van der Waals surface area contributed by atoms with Gasteiger partial charge in [-0.3, -0.25) is 4.40 Å². The molecule has 0 spiro atoms. The topological polar surface area (TPSA) is 58.8 Å². The first-order chi connectivity index (χ1) is 10.6. The first-order valence-corrected chi connectivity index (χ1v) is 7.89. The van der Waals surface area contributed by atoms with Gasteiger partial charge < -0.3 is 15.2 Å². The van der Waals surface area contributed by atoms with Crippen LogP contribution in [0.4, 0.5) is 5.69 Å². The summed E-state index contributed by atoms with van der Waals surface area (Å²) in [7, 11) is 1.60. The van der Waals surface area contributed by atoms with Gasteiger partial charge in [-0.2, -0.15) is 0 Å². The largest absolute Gasteiger partial charge is 0.496 e. The lowest BCUT2D eigenvalue weighted by atomic mass is 10.2. The van der Waals surface area contributed by atoms with Gasteiger partial charge in [0.1, 0.15) is 5.75 Å². The monoisotopic (exact) mass is 317 g/mol. The van der Waals surface area contributed by atoms with Crippen LogP contribution in [0.3, 0.4) is 0 Å². The maximum absolute atomic E-state index is 9.39. The Labute approximate surface area is 133 Å². The van der Waals surface area contributed by atoms with Gasteiger partial charge in [0, 0.05) is 22.3 Å². The predicted molar refractivity (Wildman–Crippen MR) is 88.8 cm³/mol. The summed E-state index contributed by atoms with van der Waals surface area (Å²) in [6.45, 7) is 4.75. The molecule has 5 nitrogen and oxygen atoms in total. The number of aromatic nitrogens is 2. The lowest BCUT2D eigenvalue weighted by Gasteiger charge is -2.11. The number of fused-ring (bicyclic) bond motifs is 1. The van der Waals surface area contributed by atoms with Crippen molar-refractivity contribution in [2.75, 3.05) is 12.4 Å². The van der Waals surface area contributed by atoms with Gasteiger partial charge in [-0.15, -0.1) is 11.3 Å². The zero-order chi connectivity index (χ0) is 15.7. The number of nitrogens with one attached hydrogen (secondary N) is 1. The van der Waals surface area contributed by atoms with Crippen LogP contribution in [0.25, 0.3) is 4.96 Å². The summed E-state index contributed by atoms with van der Waals surface area (Å²) in [5, 5.41) is 12.8. The molecule has 0 saturated carbocycles. The molecule has 6 heteroatoms. The van der Waals surface area contributed by atoms with E-state index in [0.29, 0.717) is 12.3 Å². The van der Waals surface area contributed by atoms with Crippen molar-refractivity contribution in [1.82, 2.24) is 9.38 Å². The summed E-state index contributed by atoms with van der Waals surface area (Å²) in [5.41, 5.74) is 3.91. The van der Waals surface area contributed by atoms with E-state index in [-0.39, 0.29) is 6.61 Å². The Morgan fingerprint density at radius 2 is 2.18 bits per heavy atom. The van der Waals surface area contributed by atoms with Crippen molar-refractivity contribution >= 4 is 22.0 Å². The lowest BCUT2D eigenvalue weighted by Crippen LogP contribution is -2.04. The number of methoxy groups -OCH3 is 1. The number of aliphatic hydroxyl groups is 1. The molecule has 0 bridgehead atoms. The van der Waals surface area contributed by atoms with Crippen LogP contribution in [0.15, 0.2) is 24.4 Å². The Balaban J connectivity index is 1.83. The van der Waals surface area contributed by atoms with Gasteiger partial charge in [0.05, 0.1) is 31.6 Å². The molecule has 0 aliphatic carbocycles. The summed E-state index contributed by atoms with van der Waals surface area (Å²) in [5.74, 6) is 0.699. The van der Waals surface area contributed by atoms with E-state index in [4.69, 9.17) is 4.74 Å². The highest BCUT2D eigenvalue weighted by Gasteiger charge is 2.11. The highest BCUT2D eigenvalue weighted by Crippen LogP contribution is 2.24. The Morgan fingerprint density at radius 3 is 2.91 bits per heavy atom. The van der Waals surface area contributed by atoms with Crippen molar-refractivity contribution in [3.63, 3.8) is 0 Å². The molecule has 0 fully saturated rings. The summed E-state index contributed by atoms with van der Waals surface area (Å²) in [6, 6.07) is 5.72. The number of thiazole rings is 1. The number of nitrogens with zero attached hydrogens (tertiary/aromatic N) is 2. The Morgan fingerprint density at radius 1 is 1.36 bits per heavy atom.